The highest BCUT2D eigenvalue weighted by Crippen LogP contribution is 2.38. The zero-order chi connectivity index (χ0) is 33.0. The first kappa shape index (κ1) is 28.2. The molecule has 0 fully saturated rings. The van der Waals surface area contributed by atoms with Crippen molar-refractivity contribution in [2.45, 2.75) is 0 Å². The van der Waals surface area contributed by atoms with Crippen LogP contribution in [0.3, 0.4) is 0 Å². The largest absolute Gasteiger partial charge is 0.455 e. The number of rotatable bonds is 5. The average molecular weight is 641 g/mol. The zero-order valence-electron chi connectivity index (χ0n) is 26.9. The Morgan fingerprint density at radius 3 is 1.62 bits per heavy atom. The van der Waals surface area contributed by atoms with Gasteiger partial charge in [0.2, 0.25) is 5.95 Å². The molecule has 0 aliphatic heterocycles. The van der Waals surface area contributed by atoms with Gasteiger partial charge in [0.05, 0.1) is 16.6 Å². The zero-order valence-corrected chi connectivity index (χ0v) is 26.9. The van der Waals surface area contributed by atoms with Gasteiger partial charge in [-0.1, -0.05) is 140 Å². The molecule has 0 bridgehead atoms. The Labute approximate surface area is 287 Å². The molecule has 234 valence electrons. The number of hydrogen-bond donors (Lipinski definition) is 0. The van der Waals surface area contributed by atoms with E-state index in [0.29, 0.717) is 17.6 Å². The molecule has 0 unspecified atom stereocenters. The van der Waals surface area contributed by atoms with Crippen molar-refractivity contribution in [3.8, 4) is 51.0 Å². The molecule has 0 saturated heterocycles. The molecule has 50 heavy (non-hydrogen) atoms. The molecular weight excluding hydrogens is 613 g/mol. The van der Waals surface area contributed by atoms with E-state index in [4.69, 9.17) is 19.4 Å². The topological polar surface area (TPSA) is 56.7 Å². The standard InChI is InChI=1S/C45H28N4O/c1-3-12-29(13-4-1)30-22-24-31(25-23-30)33-26-27-41-38(28-33)36-18-11-19-37(42(36)50-41)44-46-43(32-14-5-2-6-15-32)47-45(48-44)49-39-20-9-7-16-34(39)35-17-8-10-21-40(35)49/h1-28H. The molecule has 0 N–H and O–H groups in total. The van der Waals surface area contributed by atoms with Crippen LogP contribution < -0.4 is 0 Å². The number of aromatic nitrogens is 4. The molecule has 0 aliphatic rings. The lowest BCUT2D eigenvalue weighted by molar-refractivity contribution is 0.669. The fourth-order valence-corrected chi connectivity index (χ4v) is 7.08. The summed E-state index contributed by atoms with van der Waals surface area (Å²) in [6.07, 6.45) is 0. The van der Waals surface area contributed by atoms with Gasteiger partial charge in [0, 0.05) is 27.1 Å². The van der Waals surface area contributed by atoms with Crippen LogP contribution in [0.15, 0.2) is 174 Å². The lowest BCUT2D eigenvalue weighted by atomic mass is 9.99. The van der Waals surface area contributed by atoms with Crippen LogP contribution in [-0.4, -0.2) is 19.5 Å². The number of nitrogens with zero attached hydrogens (tertiary/aromatic N) is 4. The molecule has 10 aromatic rings. The summed E-state index contributed by atoms with van der Waals surface area (Å²) in [7, 11) is 0. The van der Waals surface area contributed by atoms with E-state index in [9.17, 15) is 0 Å². The Bertz CT molecular complexity index is 2800. The number of para-hydroxylation sites is 3. The molecule has 0 radical (unpaired) electrons. The van der Waals surface area contributed by atoms with E-state index in [1.165, 1.54) is 11.1 Å². The maximum atomic E-state index is 6.62. The van der Waals surface area contributed by atoms with Crippen LogP contribution in [-0.2, 0) is 0 Å². The van der Waals surface area contributed by atoms with Crippen LogP contribution >= 0.6 is 0 Å². The summed E-state index contributed by atoms with van der Waals surface area (Å²) in [6.45, 7) is 0. The summed E-state index contributed by atoms with van der Waals surface area (Å²) in [5.41, 5.74) is 10.1. The summed E-state index contributed by atoms with van der Waals surface area (Å²) in [6, 6.07) is 58.6. The smallest absolute Gasteiger partial charge is 0.238 e. The van der Waals surface area contributed by atoms with E-state index in [1.807, 2.05) is 42.5 Å². The number of fused-ring (bicyclic) bond motifs is 6. The lowest BCUT2D eigenvalue weighted by Crippen LogP contribution is -2.06. The highest BCUT2D eigenvalue weighted by atomic mass is 16.3. The minimum atomic E-state index is 0.553. The molecule has 0 atom stereocenters. The first-order valence-corrected chi connectivity index (χ1v) is 16.7. The molecule has 5 nitrogen and oxygen atoms in total. The van der Waals surface area contributed by atoms with E-state index in [2.05, 4.69) is 132 Å². The molecule has 0 aliphatic carbocycles. The van der Waals surface area contributed by atoms with Crippen molar-refractivity contribution in [2.24, 2.45) is 0 Å². The third kappa shape index (κ3) is 4.60. The van der Waals surface area contributed by atoms with Crippen LogP contribution in [0, 0.1) is 0 Å². The summed E-state index contributed by atoms with van der Waals surface area (Å²) < 4.78 is 8.75. The van der Waals surface area contributed by atoms with Crippen molar-refractivity contribution in [1.82, 2.24) is 19.5 Å². The van der Waals surface area contributed by atoms with Gasteiger partial charge in [-0.05, 0) is 52.6 Å². The Kier molecular flexibility index (Phi) is 6.42. The van der Waals surface area contributed by atoms with Crippen LogP contribution in [0.25, 0.3) is 94.7 Å². The van der Waals surface area contributed by atoms with Gasteiger partial charge in [0.25, 0.3) is 0 Å². The second-order valence-corrected chi connectivity index (χ2v) is 12.5. The van der Waals surface area contributed by atoms with Crippen LogP contribution in [0.4, 0.5) is 0 Å². The Balaban J connectivity index is 1.15. The van der Waals surface area contributed by atoms with Gasteiger partial charge in [-0.15, -0.1) is 0 Å². The number of benzene rings is 7. The Hall–Kier alpha value is -6.85. The summed E-state index contributed by atoms with van der Waals surface area (Å²) in [4.78, 5) is 15.3. The molecule has 0 amide bonds. The minimum absolute atomic E-state index is 0.553. The van der Waals surface area contributed by atoms with Gasteiger partial charge >= 0.3 is 0 Å². The predicted molar refractivity (Wildman–Crippen MR) is 203 cm³/mol. The lowest BCUT2D eigenvalue weighted by Gasteiger charge is -2.11. The van der Waals surface area contributed by atoms with Gasteiger partial charge < -0.3 is 4.42 Å². The normalized spacial score (nSPS) is 11.6. The van der Waals surface area contributed by atoms with Gasteiger partial charge in [0.1, 0.15) is 11.2 Å². The predicted octanol–water partition coefficient (Wildman–Crippen LogP) is 11.5. The Morgan fingerprint density at radius 1 is 0.380 bits per heavy atom. The average Bonchev–Trinajstić information content (AvgIpc) is 3.74. The van der Waals surface area contributed by atoms with Crippen molar-refractivity contribution in [2.75, 3.05) is 0 Å². The van der Waals surface area contributed by atoms with E-state index in [0.717, 1.165) is 66.0 Å². The number of hydrogen-bond acceptors (Lipinski definition) is 4. The highest BCUT2D eigenvalue weighted by Gasteiger charge is 2.20. The summed E-state index contributed by atoms with van der Waals surface area (Å²) in [5.74, 6) is 1.71. The van der Waals surface area contributed by atoms with Crippen LogP contribution in [0.5, 0.6) is 0 Å². The molecule has 10 rings (SSSR count). The maximum Gasteiger partial charge on any atom is 0.238 e. The van der Waals surface area contributed by atoms with E-state index < -0.39 is 0 Å². The van der Waals surface area contributed by atoms with Gasteiger partial charge in [-0.25, -0.2) is 4.98 Å². The number of furan rings is 1. The van der Waals surface area contributed by atoms with Crippen LogP contribution in [0.1, 0.15) is 0 Å². The van der Waals surface area contributed by atoms with Crippen molar-refractivity contribution in [3.63, 3.8) is 0 Å². The second kappa shape index (κ2) is 11.4. The van der Waals surface area contributed by atoms with Crippen molar-refractivity contribution < 1.29 is 4.42 Å². The van der Waals surface area contributed by atoms with Crippen molar-refractivity contribution in [1.29, 1.82) is 0 Å². The molecule has 7 aromatic carbocycles. The molecular formula is C45H28N4O. The van der Waals surface area contributed by atoms with Gasteiger partial charge in [-0.2, -0.15) is 9.97 Å². The van der Waals surface area contributed by atoms with Gasteiger partial charge in [0.15, 0.2) is 11.6 Å². The quantitative estimate of drug-likeness (QED) is 0.188. The molecule has 0 saturated carbocycles. The SMILES string of the molecule is c1ccc(-c2ccc(-c3ccc4oc5c(-c6nc(-c7ccccc7)nc(-n7c8ccccc8c8ccccc87)n6)cccc5c4c3)cc2)cc1. The Morgan fingerprint density at radius 2 is 0.920 bits per heavy atom. The summed E-state index contributed by atoms with van der Waals surface area (Å²) >= 11 is 0. The molecule has 3 aromatic heterocycles. The summed E-state index contributed by atoms with van der Waals surface area (Å²) in [5, 5.41) is 4.36. The first-order valence-electron chi connectivity index (χ1n) is 16.7. The third-order valence-electron chi connectivity index (χ3n) is 9.50. The third-order valence-corrected chi connectivity index (χ3v) is 9.50. The monoisotopic (exact) mass is 640 g/mol. The van der Waals surface area contributed by atoms with Crippen LogP contribution in [0.2, 0.25) is 0 Å². The van der Waals surface area contributed by atoms with E-state index in [1.54, 1.807) is 0 Å². The first-order chi connectivity index (χ1) is 24.8. The van der Waals surface area contributed by atoms with E-state index in [-0.39, 0.29) is 0 Å². The van der Waals surface area contributed by atoms with E-state index >= 15 is 0 Å². The molecule has 0 spiro atoms. The fraction of sp³-hybridized carbons (Fsp3) is 0. The van der Waals surface area contributed by atoms with Gasteiger partial charge in [-0.3, -0.25) is 4.57 Å². The van der Waals surface area contributed by atoms with Crippen molar-refractivity contribution >= 4 is 43.7 Å². The maximum absolute atomic E-state index is 6.62. The molecule has 3 heterocycles. The second-order valence-electron chi connectivity index (χ2n) is 12.5. The van der Waals surface area contributed by atoms with Crippen molar-refractivity contribution in [3.05, 3.63) is 170 Å². The molecule has 5 heteroatoms. The fourth-order valence-electron chi connectivity index (χ4n) is 7.08. The minimum Gasteiger partial charge on any atom is -0.455 e. The highest BCUT2D eigenvalue weighted by molar-refractivity contribution is 6.11.